The zero-order valence-electron chi connectivity index (χ0n) is 14.1. The highest BCUT2D eigenvalue weighted by Gasteiger charge is 2.45. The van der Waals surface area contributed by atoms with Gasteiger partial charge in [-0.2, -0.15) is 0 Å². The Morgan fingerprint density at radius 1 is 1.08 bits per heavy atom. The highest BCUT2D eigenvalue weighted by Crippen LogP contribution is 2.42. The Hall–Kier alpha value is -2.04. The molecule has 2 fully saturated rings. The third-order valence-electron chi connectivity index (χ3n) is 5.41. The molecule has 5 heteroatoms. The van der Waals surface area contributed by atoms with Crippen LogP contribution in [0.4, 0.5) is 5.69 Å². The predicted octanol–water partition coefficient (Wildman–Crippen LogP) is 2.45. The third-order valence-corrected chi connectivity index (χ3v) is 5.41. The molecule has 24 heavy (non-hydrogen) atoms. The summed E-state index contributed by atoms with van der Waals surface area (Å²) in [5, 5.41) is 0. The lowest BCUT2D eigenvalue weighted by atomic mass is 10.1. The fourth-order valence-corrected chi connectivity index (χ4v) is 3.76. The van der Waals surface area contributed by atoms with Crippen LogP contribution >= 0.6 is 0 Å². The number of para-hydroxylation sites is 2. The minimum atomic E-state index is -0.587. The molecular formula is C19H24N2O3. The van der Waals surface area contributed by atoms with Crippen molar-refractivity contribution in [3.63, 3.8) is 0 Å². The van der Waals surface area contributed by atoms with Crippen molar-refractivity contribution in [3.05, 3.63) is 24.3 Å². The maximum atomic E-state index is 12.8. The van der Waals surface area contributed by atoms with Crippen LogP contribution < -0.4 is 9.64 Å². The number of ether oxygens (including phenoxy) is 1. The summed E-state index contributed by atoms with van der Waals surface area (Å²) in [5.74, 6) is 1.34. The quantitative estimate of drug-likeness (QED) is 0.838. The van der Waals surface area contributed by atoms with Gasteiger partial charge in [0.25, 0.3) is 5.91 Å². The molecule has 1 saturated heterocycles. The van der Waals surface area contributed by atoms with Crippen molar-refractivity contribution < 1.29 is 14.3 Å². The Labute approximate surface area is 142 Å². The van der Waals surface area contributed by atoms with Crippen molar-refractivity contribution in [1.82, 2.24) is 4.90 Å². The van der Waals surface area contributed by atoms with Crippen LogP contribution in [0.15, 0.2) is 24.3 Å². The Bertz CT molecular complexity index is 654. The van der Waals surface area contributed by atoms with E-state index in [1.807, 2.05) is 29.2 Å². The maximum Gasteiger partial charge on any atom is 0.265 e. The van der Waals surface area contributed by atoms with Crippen molar-refractivity contribution in [2.24, 2.45) is 11.8 Å². The normalized spacial score (nSPS) is 28.8. The average Bonchev–Trinajstić information content (AvgIpc) is 3.37. The smallest absolute Gasteiger partial charge is 0.265 e. The van der Waals surface area contributed by atoms with E-state index in [4.69, 9.17) is 4.74 Å². The first-order chi connectivity index (χ1) is 11.6. The van der Waals surface area contributed by atoms with E-state index in [1.165, 1.54) is 6.42 Å². The van der Waals surface area contributed by atoms with E-state index in [9.17, 15) is 9.59 Å². The van der Waals surface area contributed by atoms with Gasteiger partial charge >= 0.3 is 0 Å². The molecule has 0 radical (unpaired) electrons. The number of anilines is 1. The van der Waals surface area contributed by atoms with Crippen LogP contribution in [0.3, 0.4) is 0 Å². The van der Waals surface area contributed by atoms with Crippen LogP contribution in [0.2, 0.25) is 0 Å². The molecule has 128 valence electrons. The van der Waals surface area contributed by atoms with Gasteiger partial charge in [0.05, 0.1) is 12.2 Å². The molecule has 3 atom stereocenters. The summed E-state index contributed by atoms with van der Waals surface area (Å²) in [4.78, 5) is 29.3. The van der Waals surface area contributed by atoms with Gasteiger partial charge in [-0.05, 0) is 43.7 Å². The van der Waals surface area contributed by atoms with Gasteiger partial charge in [0.1, 0.15) is 5.75 Å². The first-order valence-electron chi connectivity index (χ1n) is 9.01. The first-order valence-corrected chi connectivity index (χ1v) is 9.01. The second-order valence-electron chi connectivity index (χ2n) is 7.23. The molecule has 2 heterocycles. The summed E-state index contributed by atoms with van der Waals surface area (Å²) in [6, 6.07) is 7.55. The van der Waals surface area contributed by atoms with Crippen LogP contribution in [0, 0.1) is 11.8 Å². The maximum absolute atomic E-state index is 12.8. The van der Waals surface area contributed by atoms with E-state index in [0.717, 1.165) is 38.0 Å². The molecule has 0 bridgehead atoms. The molecule has 1 aliphatic carbocycles. The zero-order valence-corrected chi connectivity index (χ0v) is 14.1. The van der Waals surface area contributed by atoms with Crippen molar-refractivity contribution in [3.8, 4) is 5.75 Å². The number of hydrogen-bond donors (Lipinski definition) is 0. The molecule has 2 amide bonds. The molecule has 0 N–H and O–H groups in total. The Kier molecular flexibility index (Phi) is 3.94. The summed E-state index contributed by atoms with van der Waals surface area (Å²) in [6.45, 7) is 4.03. The topological polar surface area (TPSA) is 49.9 Å². The van der Waals surface area contributed by atoms with E-state index in [-0.39, 0.29) is 17.7 Å². The van der Waals surface area contributed by atoms with Crippen LogP contribution in [-0.4, -0.2) is 42.5 Å². The molecule has 1 saturated carbocycles. The fourth-order valence-electron chi connectivity index (χ4n) is 3.76. The van der Waals surface area contributed by atoms with Crippen LogP contribution in [0.5, 0.6) is 5.75 Å². The lowest BCUT2D eigenvalue weighted by molar-refractivity contribution is -0.139. The lowest BCUT2D eigenvalue weighted by Crippen LogP contribution is -2.53. The Morgan fingerprint density at radius 3 is 2.50 bits per heavy atom. The van der Waals surface area contributed by atoms with E-state index >= 15 is 0 Å². The monoisotopic (exact) mass is 328 g/mol. The minimum absolute atomic E-state index is 0.0193. The highest BCUT2D eigenvalue weighted by molar-refractivity contribution is 5.99. The van der Waals surface area contributed by atoms with Crippen LogP contribution in [0.1, 0.15) is 32.6 Å². The molecule has 0 spiro atoms. The largest absolute Gasteiger partial charge is 0.476 e. The van der Waals surface area contributed by atoms with E-state index in [0.29, 0.717) is 18.2 Å². The van der Waals surface area contributed by atoms with Gasteiger partial charge < -0.3 is 14.5 Å². The number of carbonyl (C=O) groups is 2. The van der Waals surface area contributed by atoms with Gasteiger partial charge in [0.15, 0.2) is 6.10 Å². The lowest BCUT2D eigenvalue weighted by Gasteiger charge is -2.37. The number of piperidine rings is 1. The van der Waals surface area contributed by atoms with Crippen molar-refractivity contribution in [2.45, 2.75) is 38.7 Å². The van der Waals surface area contributed by atoms with E-state index in [1.54, 1.807) is 4.90 Å². The van der Waals surface area contributed by atoms with Gasteiger partial charge in [-0.1, -0.05) is 19.1 Å². The Morgan fingerprint density at radius 2 is 1.79 bits per heavy atom. The molecule has 3 aliphatic rings. The summed E-state index contributed by atoms with van der Waals surface area (Å²) < 4.78 is 5.97. The van der Waals surface area contributed by atoms with Crippen molar-refractivity contribution in [2.75, 3.05) is 24.5 Å². The fraction of sp³-hybridized carbons (Fsp3) is 0.579. The third kappa shape index (κ3) is 2.76. The zero-order chi connectivity index (χ0) is 16.7. The summed E-state index contributed by atoms with van der Waals surface area (Å²) >= 11 is 0. The molecule has 0 aromatic heterocycles. The SMILES string of the molecule is C[C@@H]1C[C@@H]1C(=O)N1C[C@@H](C(=O)N2CCCCC2)Oc2ccccc21. The Balaban J connectivity index is 1.57. The van der Waals surface area contributed by atoms with Gasteiger partial charge in [-0.15, -0.1) is 0 Å². The minimum Gasteiger partial charge on any atom is -0.476 e. The molecule has 2 aliphatic heterocycles. The molecule has 4 rings (SSSR count). The average molecular weight is 328 g/mol. The van der Waals surface area contributed by atoms with Gasteiger partial charge in [0.2, 0.25) is 5.91 Å². The summed E-state index contributed by atoms with van der Waals surface area (Å²) in [7, 11) is 0. The van der Waals surface area contributed by atoms with Crippen LogP contribution in [-0.2, 0) is 9.59 Å². The second-order valence-corrected chi connectivity index (χ2v) is 7.23. The number of benzene rings is 1. The number of amides is 2. The number of rotatable bonds is 2. The first kappa shape index (κ1) is 15.5. The molecular weight excluding hydrogens is 304 g/mol. The van der Waals surface area contributed by atoms with Crippen molar-refractivity contribution >= 4 is 17.5 Å². The van der Waals surface area contributed by atoms with E-state index < -0.39 is 6.10 Å². The van der Waals surface area contributed by atoms with Crippen molar-refractivity contribution in [1.29, 1.82) is 0 Å². The molecule has 0 unspecified atom stereocenters. The number of nitrogens with zero attached hydrogens (tertiary/aromatic N) is 2. The number of likely N-dealkylation sites (tertiary alicyclic amines) is 1. The van der Waals surface area contributed by atoms with Crippen LogP contribution in [0.25, 0.3) is 0 Å². The van der Waals surface area contributed by atoms with E-state index in [2.05, 4.69) is 6.92 Å². The molecule has 5 nitrogen and oxygen atoms in total. The standard InChI is InChI=1S/C19H24N2O3/c1-13-11-14(13)18(22)21-12-17(19(23)20-9-5-2-6-10-20)24-16-8-4-3-7-15(16)21/h3-4,7-8,13-14,17H,2,5-6,9-12H2,1H3/t13-,14+,17+/m1/s1. The number of fused-ring (bicyclic) bond motifs is 1. The van der Waals surface area contributed by atoms with Gasteiger partial charge in [-0.3, -0.25) is 9.59 Å². The number of carbonyl (C=O) groups excluding carboxylic acids is 2. The molecule has 1 aromatic carbocycles. The molecule has 1 aromatic rings. The number of hydrogen-bond acceptors (Lipinski definition) is 3. The van der Waals surface area contributed by atoms with Gasteiger partial charge in [0, 0.05) is 19.0 Å². The predicted molar refractivity (Wildman–Crippen MR) is 90.9 cm³/mol. The highest BCUT2D eigenvalue weighted by atomic mass is 16.5. The summed E-state index contributed by atoms with van der Waals surface area (Å²) in [6.07, 6.45) is 3.65. The summed E-state index contributed by atoms with van der Waals surface area (Å²) in [5.41, 5.74) is 0.796. The second kappa shape index (κ2) is 6.11. The van der Waals surface area contributed by atoms with Gasteiger partial charge in [-0.25, -0.2) is 0 Å².